The number of carbonyl (C=O) groups is 1. The molecule has 124 valence electrons. The molecular weight excluding hydrogens is 306 g/mol. The van der Waals surface area contributed by atoms with Gasteiger partial charge in [-0.2, -0.15) is 0 Å². The van der Waals surface area contributed by atoms with Crippen molar-refractivity contribution in [3.05, 3.63) is 35.9 Å². The van der Waals surface area contributed by atoms with Gasteiger partial charge in [0, 0.05) is 6.61 Å². The standard InChI is InChI=1S/C15H23NO5S/c1-3-21-10-12(2)11-22(19,20)16-14(15(17)18)9-13-7-5-4-6-8-13/h4-8,12,14,16H,3,9-11H2,1-2H3,(H,17,18)/t12?,14-/m1/s1. The first-order valence-electron chi connectivity index (χ1n) is 7.18. The molecule has 0 fully saturated rings. The largest absolute Gasteiger partial charge is 0.480 e. The van der Waals surface area contributed by atoms with Gasteiger partial charge in [0.1, 0.15) is 6.04 Å². The number of hydrogen-bond donors (Lipinski definition) is 2. The summed E-state index contributed by atoms with van der Waals surface area (Å²) in [6.07, 6.45) is 0.106. The third-order valence-corrected chi connectivity index (χ3v) is 4.66. The molecule has 1 aromatic carbocycles. The van der Waals surface area contributed by atoms with Crippen molar-refractivity contribution in [1.82, 2.24) is 4.72 Å². The fourth-order valence-corrected chi connectivity index (χ4v) is 3.59. The molecule has 0 saturated heterocycles. The fourth-order valence-electron chi connectivity index (χ4n) is 2.04. The number of rotatable bonds is 10. The number of hydrogen-bond acceptors (Lipinski definition) is 4. The van der Waals surface area contributed by atoms with Gasteiger partial charge in [0.25, 0.3) is 0 Å². The minimum absolute atomic E-state index is 0.106. The van der Waals surface area contributed by atoms with Gasteiger partial charge in [-0.05, 0) is 24.8 Å². The first-order chi connectivity index (χ1) is 10.3. The van der Waals surface area contributed by atoms with Crippen molar-refractivity contribution in [2.45, 2.75) is 26.3 Å². The summed E-state index contributed by atoms with van der Waals surface area (Å²) in [4.78, 5) is 11.3. The number of nitrogens with one attached hydrogen (secondary N) is 1. The minimum Gasteiger partial charge on any atom is -0.480 e. The molecule has 6 nitrogen and oxygen atoms in total. The van der Waals surface area contributed by atoms with Crippen molar-refractivity contribution in [3.8, 4) is 0 Å². The SMILES string of the molecule is CCOCC(C)CS(=O)(=O)N[C@H](Cc1ccccc1)C(=O)O. The molecule has 1 rings (SSSR count). The lowest BCUT2D eigenvalue weighted by atomic mass is 10.1. The monoisotopic (exact) mass is 329 g/mol. The highest BCUT2D eigenvalue weighted by molar-refractivity contribution is 7.89. The molecular formula is C15H23NO5S. The van der Waals surface area contributed by atoms with Crippen LogP contribution < -0.4 is 4.72 Å². The summed E-state index contributed by atoms with van der Waals surface area (Å²) >= 11 is 0. The van der Waals surface area contributed by atoms with Crippen LogP contribution in [0.1, 0.15) is 19.4 Å². The Bertz CT molecular complexity index is 559. The molecule has 7 heteroatoms. The number of benzene rings is 1. The molecule has 0 bridgehead atoms. The van der Waals surface area contributed by atoms with E-state index in [2.05, 4.69) is 4.72 Å². The van der Waals surface area contributed by atoms with Crippen molar-refractivity contribution in [2.24, 2.45) is 5.92 Å². The summed E-state index contributed by atoms with van der Waals surface area (Å²) in [5, 5.41) is 9.22. The summed E-state index contributed by atoms with van der Waals surface area (Å²) in [5.41, 5.74) is 0.764. The summed E-state index contributed by atoms with van der Waals surface area (Å²) in [6, 6.07) is 7.74. The zero-order chi connectivity index (χ0) is 16.6. The summed E-state index contributed by atoms with van der Waals surface area (Å²) in [7, 11) is -3.69. The molecule has 0 saturated carbocycles. The van der Waals surface area contributed by atoms with Gasteiger partial charge in [0.2, 0.25) is 10.0 Å². The zero-order valence-corrected chi connectivity index (χ0v) is 13.7. The van der Waals surface area contributed by atoms with E-state index in [0.717, 1.165) is 5.56 Å². The maximum atomic E-state index is 12.1. The van der Waals surface area contributed by atoms with Gasteiger partial charge in [-0.15, -0.1) is 0 Å². The van der Waals surface area contributed by atoms with Crippen molar-refractivity contribution in [2.75, 3.05) is 19.0 Å². The van der Waals surface area contributed by atoms with Gasteiger partial charge >= 0.3 is 5.97 Å². The van der Waals surface area contributed by atoms with Crippen LogP contribution in [0.4, 0.5) is 0 Å². The van der Waals surface area contributed by atoms with E-state index >= 15 is 0 Å². The molecule has 1 aromatic rings. The van der Waals surface area contributed by atoms with E-state index in [0.29, 0.717) is 13.2 Å². The van der Waals surface area contributed by atoms with Crippen LogP contribution in [0.5, 0.6) is 0 Å². The maximum Gasteiger partial charge on any atom is 0.322 e. The molecule has 0 aliphatic heterocycles. The van der Waals surface area contributed by atoms with Gasteiger partial charge in [0.15, 0.2) is 0 Å². The minimum atomic E-state index is -3.69. The summed E-state index contributed by atoms with van der Waals surface area (Å²) in [6.45, 7) is 4.43. The van der Waals surface area contributed by atoms with Crippen LogP contribution in [0.3, 0.4) is 0 Å². The van der Waals surface area contributed by atoms with Crippen molar-refractivity contribution in [1.29, 1.82) is 0 Å². The number of sulfonamides is 1. The molecule has 0 aliphatic rings. The molecule has 0 spiro atoms. The van der Waals surface area contributed by atoms with Gasteiger partial charge in [-0.1, -0.05) is 37.3 Å². The Kier molecular flexibility index (Phi) is 7.50. The summed E-state index contributed by atoms with van der Waals surface area (Å²) in [5.74, 6) is -1.56. The Labute approximate surface area is 131 Å². The molecule has 22 heavy (non-hydrogen) atoms. The Balaban J connectivity index is 2.67. The van der Waals surface area contributed by atoms with Gasteiger partial charge < -0.3 is 9.84 Å². The van der Waals surface area contributed by atoms with E-state index < -0.39 is 22.0 Å². The number of aliphatic carboxylic acids is 1. The predicted octanol–water partition coefficient (Wildman–Crippen LogP) is 1.27. The van der Waals surface area contributed by atoms with Crippen LogP contribution in [-0.2, 0) is 26.0 Å². The fraction of sp³-hybridized carbons (Fsp3) is 0.533. The van der Waals surface area contributed by atoms with Gasteiger partial charge in [0.05, 0.1) is 12.4 Å². The Hall–Kier alpha value is -1.44. The normalized spacial score (nSPS) is 14.5. The molecule has 0 radical (unpaired) electrons. The van der Waals surface area contributed by atoms with Crippen molar-refractivity contribution >= 4 is 16.0 Å². The smallest absolute Gasteiger partial charge is 0.322 e. The van der Waals surface area contributed by atoms with Crippen LogP contribution in [0.15, 0.2) is 30.3 Å². The lowest BCUT2D eigenvalue weighted by Gasteiger charge is -2.17. The number of carboxylic acid groups (broad SMARTS) is 1. The highest BCUT2D eigenvalue weighted by atomic mass is 32.2. The second kappa shape index (κ2) is 8.87. The van der Waals surface area contributed by atoms with E-state index in [1.165, 1.54) is 0 Å². The Morgan fingerprint density at radius 1 is 1.32 bits per heavy atom. The molecule has 0 aromatic heterocycles. The number of carboxylic acids is 1. The van der Waals surface area contributed by atoms with Crippen LogP contribution in [0, 0.1) is 5.92 Å². The lowest BCUT2D eigenvalue weighted by molar-refractivity contribution is -0.138. The highest BCUT2D eigenvalue weighted by Crippen LogP contribution is 2.07. The molecule has 2 atom stereocenters. The van der Waals surface area contributed by atoms with Gasteiger partial charge in [-0.25, -0.2) is 13.1 Å². The number of ether oxygens (including phenoxy) is 1. The van der Waals surface area contributed by atoms with E-state index in [1.54, 1.807) is 31.2 Å². The first-order valence-corrected chi connectivity index (χ1v) is 8.83. The van der Waals surface area contributed by atoms with Crippen molar-refractivity contribution in [3.63, 3.8) is 0 Å². The van der Waals surface area contributed by atoms with Crippen LogP contribution in [0.2, 0.25) is 0 Å². The van der Waals surface area contributed by atoms with Crippen LogP contribution >= 0.6 is 0 Å². The third-order valence-electron chi connectivity index (χ3n) is 3.01. The topological polar surface area (TPSA) is 92.7 Å². The van der Waals surface area contributed by atoms with Crippen LogP contribution in [0.25, 0.3) is 0 Å². The van der Waals surface area contributed by atoms with E-state index in [4.69, 9.17) is 4.74 Å². The summed E-state index contributed by atoms with van der Waals surface area (Å²) < 4.78 is 31.6. The lowest BCUT2D eigenvalue weighted by Crippen LogP contribution is -2.44. The zero-order valence-electron chi connectivity index (χ0n) is 12.9. The Morgan fingerprint density at radius 3 is 2.50 bits per heavy atom. The molecule has 0 aliphatic carbocycles. The molecule has 0 heterocycles. The second-order valence-corrected chi connectivity index (χ2v) is 7.04. The van der Waals surface area contributed by atoms with E-state index in [-0.39, 0.29) is 18.1 Å². The van der Waals surface area contributed by atoms with Crippen molar-refractivity contribution < 1.29 is 23.1 Å². The third kappa shape index (κ3) is 7.02. The van der Waals surface area contributed by atoms with E-state index in [1.807, 2.05) is 13.0 Å². The average Bonchev–Trinajstić information content (AvgIpc) is 2.44. The Morgan fingerprint density at radius 2 is 1.95 bits per heavy atom. The van der Waals surface area contributed by atoms with Gasteiger partial charge in [-0.3, -0.25) is 4.79 Å². The molecule has 2 N–H and O–H groups in total. The second-order valence-electron chi connectivity index (χ2n) is 5.24. The average molecular weight is 329 g/mol. The molecule has 1 unspecified atom stereocenters. The quantitative estimate of drug-likeness (QED) is 0.674. The first kappa shape index (κ1) is 18.6. The van der Waals surface area contributed by atoms with E-state index in [9.17, 15) is 18.3 Å². The van der Waals surface area contributed by atoms with Crippen LogP contribution in [-0.4, -0.2) is 44.5 Å². The predicted molar refractivity (Wildman–Crippen MR) is 84.1 cm³/mol. The molecule has 0 amide bonds. The highest BCUT2D eigenvalue weighted by Gasteiger charge is 2.25. The maximum absolute atomic E-state index is 12.1.